The third kappa shape index (κ3) is 6.13. The third-order valence-electron chi connectivity index (χ3n) is 6.70. The number of aromatic nitrogens is 2. The van der Waals surface area contributed by atoms with Gasteiger partial charge in [0.15, 0.2) is 28.8 Å². The monoisotopic (exact) mass is 650 g/mol. The van der Waals surface area contributed by atoms with Gasteiger partial charge < -0.3 is 18.9 Å². The molecule has 11 heteroatoms. The number of pyridine rings is 2. The number of Topliss-reactive ketones (excluding diaryl/α,β-unsaturated/α-hetero) is 1. The van der Waals surface area contributed by atoms with Crippen LogP contribution in [0, 0.1) is 11.6 Å². The average Bonchev–Trinajstić information content (AvgIpc) is 3.00. The summed E-state index contributed by atoms with van der Waals surface area (Å²) in [5.74, 6) is -0.467. The van der Waals surface area contributed by atoms with Crippen LogP contribution >= 0.6 is 15.9 Å². The first kappa shape index (κ1) is 29.9. The van der Waals surface area contributed by atoms with E-state index in [2.05, 4.69) is 20.9 Å². The summed E-state index contributed by atoms with van der Waals surface area (Å²) in [7, 11) is 4.49. The molecule has 0 saturated heterocycles. The molecule has 0 unspecified atom stereocenters. The third-order valence-corrected chi connectivity index (χ3v) is 7.39. The number of halogens is 3. The van der Waals surface area contributed by atoms with E-state index in [9.17, 15) is 14.0 Å². The topological polar surface area (TPSA) is 88.9 Å². The normalized spacial score (nSPS) is 11.0. The molecule has 220 valence electrons. The maximum absolute atomic E-state index is 15.2. The van der Waals surface area contributed by atoms with E-state index in [4.69, 9.17) is 18.9 Å². The standard InChI is InChI=1S/C32H25BrF2N2O6/c1-40-17-26-23(33)14-22(32(39)37(26)20-7-5-19(34)6-8-20)27(38)13-18-4-9-29(24(35)12-18)43-28-10-11-36-25-16-31(42-3)30(41-2)15-21(25)28/h4-12,14-16H,13,17H2,1-3H3. The van der Waals surface area contributed by atoms with Crippen LogP contribution in [0.2, 0.25) is 0 Å². The van der Waals surface area contributed by atoms with Gasteiger partial charge in [0.2, 0.25) is 0 Å². The predicted molar refractivity (Wildman–Crippen MR) is 160 cm³/mol. The summed E-state index contributed by atoms with van der Waals surface area (Å²) in [6.45, 7) is 0.0570. The second-order valence-electron chi connectivity index (χ2n) is 9.40. The molecule has 0 amide bonds. The summed E-state index contributed by atoms with van der Waals surface area (Å²) in [4.78, 5) is 31.2. The zero-order valence-electron chi connectivity index (χ0n) is 23.3. The lowest BCUT2D eigenvalue weighted by Gasteiger charge is -2.16. The van der Waals surface area contributed by atoms with Crippen LogP contribution in [0.1, 0.15) is 21.6 Å². The zero-order valence-corrected chi connectivity index (χ0v) is 24.9. The lowest BCUT2D eigenvalue weighted by atomic mass is 10.0. The molecule has 0 N–H and O–H groups in total. The molecule has 3 aromatic carbocycles. The number of nitrogens with zero attached hydrogens (tertiary/aromatic N) is 2. The largest absolute Gasteiger partial charge is 0.493 e. The first-order chi connectivity index (χ1) is 20.7. The van der Waals surface area contributed by atoms with Crippen LogP contribution in [0.5, 0.6) is 23.0 Å². The summed E-state index contributed by atoms with van der Waals surface area (Å²) in [5, 5.41) is 0.582. The number of methoxy groups -OCH3 is 3. The Morgan fingerprint density at radius 2 is 1.60 bits per heavy atom. The second kappa shape index (κ2) is 12.7. The summed E-state index contributed by atoms with van der Waals surface area (Å²) in [5.41, 5.74) is 0.981. The van der Waals surface area contributed by atoms with Crippen LogP contribution in [0.15, 0.2) is 82.2 Å². The van der Waals surface area contributed by atoms with Crippen LogP contribution in [0.25, 0.3) is 16.6 Å². The highest BCUT2D eigenvalue weighted by molar-refractivity contribution is 9.10. The number of rotatable bonds is 10. The number of carbonyl (C=O) groups is 1. The van der Waals surface area contributed by atoms with Crippen LogP contribution in [0.3, 0.4) is 0 Å². The van der Waals surface area contributed by atoms with Crippen molar-refractivity contribution >= 4 is 32.6 Å². The molecule has 0 spiro atoms. The molecule has 43 heavy (non-hydrogen) atoms. The summed E-state index contributed by atoms with van der Waals surface area (Å²) in [6.07, 6.45) is 1.28. The van der Waals surface area contributed by atoms with Gasteiger partial charge in [-0.2, -0.15) is 0 Å². The van der Waals surface area contributed by atoms with Crippen molar-refractivity contribution in [2.45, 2.75) is 13.0 Å². The first-order valence-corrected chi connectivity index (χ1v) is 13.7. The van der Waals surface area contributed by atoms with Gasteiger partial charge in [0, 0.05) is 41.3 Å². The van der Waals surface area contributed by atoms with Gasteiger partial charge in [-0.15, -0.1) is 0 Å². The molecule has 5 rings (SSSR count). The number of benzene rings is 3. The molecule has 0 atom stereocenters. The predicted octanol–water partition coefficient (Wildman–Crippen LogP) is 6.81. The molecule has 0 bridgehead atoms. The molecule has 2 heterocycles. The molecule has 0 aliphatic carbocycles. The summed E-state index contributed by atoms with van der Waals surface area (Å²) < 4.78 is 52.4. The van der Waals surface area contributed by atoms with Gasteiger partial charge in [-0.25, -0.2) is 8.78 Å². The van der Waals surface area contributed by atoms with Crippen molar-refractivity contribution < 1.29 is 32.5 Å². The van der Waals surface area contributed by atoms with E-state index >= 15 is 4.39 Å². The number of hydrogen-bond donors (Lipinski definition) is 0. The minimum Gasteiger partial charge on any atom is -0.493 e. The van der Waals surface area contributed by atoms with E-state index in [1.54, 1.807) is 24.3 Å². The summed E-state index contributed by atoms with van der Waals surface area (Å²) >= 11 is 3.42. The van der Waals surface area contributed by atoms with Gasteiger partial charge in [0.05, 0.1) is 37.6 Å². The Kier molecular flexibility index (Phi) is 8.84. The molecular weight excluding hydrogens is 626 g/mol. The van der Waals surface area contributed by atoms with Gasteiger partial charge in [-0.3, -0.25) is 19.1 Å². The molecule has 0 saturated carbocycles. The fraction of sp³-hybridized carbons (Fsp3) is 0.156. The number of carbonyl (C=O) groups excluding carboxylic acids is 1. The Hall–Kier alpha value is -4.61. The smallest absolute Gasteiger partial charge is 0.266 e. The van der Waals surface area contributed by atoms with Gasteiger partial charge in [0.25, 0.3) is 5.56 Å². The molecular formula is C32H25BrF2N2O6. The van der Waals surface area contributed by atoms with Gasteiger partial charge >= 0.3 is 0 Å². The number of ketones is 1. The molecule has 0 aliphatic rings. The number of ether oxygens (including phenoxy) is 4. The Bertz CT molecular complexity index is 1890. The van der Waals surface area contributed by atoms with Crippen molar-refractivity contribution in [1.29, 1.82) is 0 Å². The SMILES string of the molecule is COCc1c(Br)cc(C(=O)Cc2ccc(Oc3ccnc4cc(OC)c(OC)cc34)c(F)c2)c(=O)n1-c1ccc(F)cc1. The lowest BCUT2D eigenvalue weighted by molar-refractivity contribution is 0.0990. The first-order valence-electron chi connectivity index (χ1n) is 12.9. The van der Waals surface area contributed by atoms with Crippen molar-refractivity contribution in [3.05, 3.63) is 116 Å². The maximum Gasteiger partial charge on any atom is 0.266 e. The van der Waals surface area contributed by atoms with Crippen LogP contribution < -0.4 is 19.8 Å². The Morgan fingerprint density at radius 3 is 2.28 bits per heavy atom. The zero-order chi connectivity index (χ0) is 30.7. The lowest BCUT2D eigenvalue weighted by Crippen LogP contribution is -2.29. The van der Waals surface area contributed by atoms with Crippen molar-refractivity contribution in [2.24, 2.45) is 0 Å². The molecule has 0 radical (unpaired) electrons. The Labute approximate surface area is 253 Å². The van der Waals surface area contributed by atoms with E-state index in [-0.39, 0.29) is 24.3 Å². The molecule has 8 nitrogen and oxygen atoms in total. The van der Waals surface area contributed by atoms with E-state index in [1.165, 1.54) is 74.6 Å². The second-order valence-corrected chi connectivity index (χ2v) is 10.3. The van der Waals surface area contributed by atoms with Crippen LogP contribution in [0.4, 0.5) is 8.78 Å². The van der Waals surface area contributed by atoms with Crippen molar-refractivity contribution in [3.63, 3.8) is 0 Å². The molecule has 0 aliphatic heterocycles. The van der Waals surface area contributed by atoms with Gasteiger partial charge in [-0.1, -0.05) is 6.07 Å². The van der Waals surface area contributed by atoms with Crippen molar-refractivity contribution in [2.75, 3.05) is 21.3 Å². The quantitative estimate of drug-likeness (QED) is 0.153. The average molecular weight is 651 g/mol. The van der Waals surface area contributed by atoms with E-state index in [0.29, 0.717) is 49.6 Å². The molecule has 2 aromatic heterocycles. The summed E-state index contributed by atoms with van der Waals surface area (Å²) in [6, 6.07) is 15.9. The highest BCUT2D eigenvalue weighted by Crippen LogP contribution is 2.37. The van der Waals surface area contributed by atoms with Gasteiger partial charge in [-0.05, 0) is 76.1 Å². The molecule has 0 fully saturated rings. The van der Waals surface area contributed by atoms with E-state index in [1.807, 2.05) is 0 Å². The van der Waals surface area contributed by atoms with Crippen molar-refractivity contribution in [1.82, 2.24) is 9.55 Å². The van der Waals surface area contributed by atoms with Crippen molar-refractivity contribution in [3.8, 4) is 28.7 Å². The van der Waals surface area contributed by atoms with Gasteiger partial charge in [0.1, 0.15) is 11.6 Å². The van der Waals surface area contributed by atoms with Crippen LogP contribution in [-0.4, -0.2) is 36.7 Å². The highest BCUT2D eigenvalue weighted by Gasteiger charge is 2.21. The fourth-order valence-corrected chi connectivity index (χ4v) is 5.15. The number of fused-ring (bicyclic) bond motifs is 1. The van der Waals surface area contributed by atoms with E-state index in [0.717, 1.165) is 0 Å². The Morgan fingerprint density at radius 1 is 0.884 bits per heavy atom. The minimum absolute atomic E-state index is 0.0570. The highest BCUT2D eigenvalue weighted by atomic mass is 79.9. The molecule has 5 aromatic rings. The minimum atomic E-state index is -0.698. The number of hydrogen-bond acceptors (Lipinski definition) is 7. The van der Waals surface area contributed by atoms with E-state index < -0.39 is 23.0 Å². The Balaban J connectivity index is 1.43. The van der Waals surface area contributed by atoms with Crippen LogP contribution in [-0.2, 0) is 17.8 Å². The maximum atomic E-state index is 15.2. The fourth-order valence-electron chi connectivity index (χ4n) is 4.63.